The molecule has 5 nitrogen and oxygen atoms in total. The Hall–Kier alpha value is -1.10. The Balaban J connectivity index is 1.82. The Morgan fingerprint density at radius 1 is 1.05 bits per heavy atom. The zero-order chi connectivity index (χ0) is 15.9. The summed E-state index contributed by atoms with van der Waals surface area (Å²) in [6.45, 7) is 8.21. The monoisotopic (exact) mass is 309 g/mol. The quantitative estimate of drug-likeness (QED) is 0.859. The van der Waals surface area contributed by atoms with Gasteiger partial charge < -0.3 is 10.2 Å². The number of carbonyl (C=O) groups is 2. The lowest BCUT2D eigenvalue weighted by Gasteiger charge is -2.36. The lowest BCUT2D eigenvalue weighted by atomic mass is 9.95. The molecule has 2 aliphatic heterocycles. The van der Waals surface area contributed by atoms with E-state index in [2.05, 4.69) is 10.2 Å². The standard InChI is InChI=1S/C17H31N3O2/c1-3-18-16(21)15-8-12-19(13-9-15)14(2)17(22)20-10-6-4-5-7-11-20/h14-15H,3-13H2,1-2H3,(H,18,21). The van der Waals surface area contributed by atoms with Gasteiger partial charge in [0.2, 0.25) is 11.8 Å². The van der Waals surface area contributed by atoms with Crippen LogP contribution in [-0.2, 0) is 9.59 Å². The molecular formula is C17H31N3O2. The average Bonchev–Trinajstić information content (AvgIpc) is 2.83. The van der Waals surface area contributed by atoms with Crippen LogP contribution in [0, 0.1) is 5.92 Å². The molecule has 126 valence electrons. The van der Waals surface area contributed by atoms with Crippen LogP contribution in [0.25, 0.3) is 0 Å². The molecule has 0 saturated carbocycles. The van der Waals surface area contributed by atoms with E-state index in [1.807, 2.05) is 18.7 Å². The topological polar surface area (TPSA) is 52.7 Å². The van der Waals surface area contributed by atoms with Gasteiger partial charge in [-0.1, -0.05) is 12.8 Å². The maximum absolute atomic E-state index is 12.7. The third-order valence-electron chi connectivity index (χ3n) is 5.07. The molecular weight excluding hydrogens is 278 g/mol. The first-order valence-electron chi connectivity index (χ1n) is 8.94. The van der Waals surface area contributed by atoms with Gasteiger partial charge in [0, 0.05) is 25.6 Å². The third kappa shape index (κ3) is 4.45. The van der Waals surface area contributed by atoms with Crippen molar-refractivity contribution in [2.75, 3.05) is 32.7 Å². The van der Waals surface area contributed by atoms with Crippen molar-refractivity contribution in [1.82, 2.24) is 15.1 Å². The average molecular weight is 309 g/mol. The lowest BCUT2D eigenvalue weighted by molar-refractivity contribution is -0.137. The largest absolute Gasteiger partial charge is 0.356 e. The SMILES string of the molecule is CCNC(=O)C1CCN(C(C)C(=O)N2CCCCCC2)CC1. The van der Waals surface area contributed by atoms with E-state index in [1.165, 1.54) is 12.8 Å². The zero-order valence-electron chi connectivity index (χ0n) is 14.1. The maximum atomic E-state index is 12.7. The Morgan fingerprint density at radius 3 is 2.18 bits per heavy atom. The summed E-state index contributed by atoms with van der Waals surface area (Å²) in [5.41, 5.74) is 0. The van der Waals surface area contributed by atoms with E-state index in [0.717, 1.165) is 51.9 Å². The lowest BCUT2D eigenvalue weighted by Crippen LogP contribution is -2.51. The van der Waals surface area contributed by atoms with E-state index in [1.54, 1.807) is 0 Å². The molecule has 0 aliphatic carbocycles. The van der Waals surface area contributed by atoms with Gasteiger partial charge in [0.25, 0.3) is 0 Å². The summed E-state index contributed by atoms with van der Waals surface area (Å²) in [5.74, 6) is 0.573. The minimum Gasteiger partial charge on any atom is -0.356 e. The normalized spacial score (nSPS) is 22.9. The van der Waals surface area contributed by atoms with Crippen LogP contribution in [0.5, 0.6) is 0 Å². The molecule has 0 aromatic carbocycles. The third-order valence-corrected chi connectivity index (χ3v) is 5.07. The van der Waals surface area contributed by atoms with Crippen LogP contribution >= 0.6 is 0 Å². The van der Waals surface area contributed by atoms with Gasteiger partial charge in [-0.05, 0) is 52.6 Å². The Kier molecular flexibility index (Phi) is 6.68. The number of rotatable bonds is 4. The van der Waals surface area contributed by atoms with Crippen molar-refractivity contribution in [1.29, 1.82) is 0 Å². The number of amides is 2. The molecule has 1 N–H and O–H groups in total. The first-order valence-corrected chi connectivity index (χ1v) is 8.94. The van der Waals surface area contributed by atoms with E-state index >= 15 is 0 Å². The summed E-state index contributed by atoms with van der Waals surface area (Å²) in [6.07, 6.45) is 6.49. The molecule has 22 heavy (non-hydrogen) atoms. The van der Waals surface area contributed by atoms with Gasteiger partial charge in [-0.3, -0.25) is 14.5 Å². The van der Waals surface area contributed by atoms with Gasteiger partial charge in [0.15, 0.2) is 0 Å². The first-order chi connectivity index (χ1) is 10.6. The summed E-state index contributed by atoms with van der Waals surface area (Å²) in [4.78, 5) is 28.9. The van der Waals surface area contributed by atoms with Gasteiger partial charge >= 0.3 is 0 Å². The molecule has 0 bridgehead atoms. The highest BCUT2D eigenvalue weighted by Gasteiger charge is 2.31. The van der Waals surface area contributed by atoms with Crippen molar-refractivity contribution < 1.29 is 9.59 Å². The van der Waals surface area contributed by atoms with E-state index < -0.39 is 0 Å². The molecule has 0 aromatic heterocycles. The fourth-order valence-electron chi connectivity index (χ4n) is 3.58. The molecule has 2 amide bonds. The van der Waals surface area contributed by atoms with Gasteiger partial charge in [0.1, 0.15) is 0 Å². The number of nitrogens with one attached hydrogen (secondary N) is 1. The van der Waals surface area contributed by atoms with Crippen molar-refractivity contribution in [2.24, 2.45) is 5.92 Å². The maximum Gasteiger partial charge on any atom is 0.239 e. The van der Waals surface area contributed by atoms with Crippen LogP contribution in [0.2, 0.25) is 0 Å². The van der Waals surface area contributed by atoms with Crippen LogP contribution in [0.15, 0.2) is 0 Å². The fourth-order valence-corrected chi connectivity index (χ4v) is 3.58. The van der Waals surface area contributed by atoms with Crippen molar-refractivity contribution in [3.63, 3.8) is 0 Å². The van der Waals surface area contributed by atoms with E-state index in [9.17, 15) is 9.59 Å². The molecule has 0 aromatic rings. The second-order valence-corrected chi connectivity index (χ2v) is 6.62. The number of nitrogens with zero attached hydrogens (tertiary/aromatic N) is 2. The van der Waals surface area contributed by atoms with Crippen molar-refractivity contribution in [2.45, 2.75) is 58.4 Å². The highest BCUT2D eigenvalue weighted by atomic mass is 16.2. The number of hydrogen-bond donors (Lipinski definition) is 1. The van der Waals surface area contributed by atoms with Gasteiger partial charge in [-0.25, -0.2) is 0 Å². The molecule has 2 rings (SSSR count). The second kappa shape index (κ2) is 8.51. The van der Waals surface area contributed by atoms with E-state index in [-0.39, 0.29) is 23.8 Å². The predicted molar refractivity (Wildman–Crippen MR) is 87.5 cm³/mol. The molecule has 0 spiro atoms. The highest BCUT2D eigenvalue weighted by molar-refractivity contribution is 5.82. The zero-order valence-corrected chi connectivity index (χ0v) is 14.1. The number of hydrogen-bond acceptors (Lipinski definition) is 3. The number of carbonyl (C=O) groups excluding carboxylic acids is 2. The molecule has 2 heterocycles. The summed E-state index contributed by atoms with van der Waals surface area (Å²) < 4.78 is 0. The summed E-state index contributed by atoms with van der Waals surface area (Å²) in [7, 11) is 0. The van der Waals surface area contributed by atoms with Crippen LogP contribution in [0.1, 0.15) is 52.4 Å². The number of likely N-dealkylation sites (tertiary alicyclic amines) is 2. The molecule has 2 aliphatic rings. The number of piperidine rings is 1. The molecule has 1 unspecified atom stereocenters. The van der Waals surface area contributed by atoms with E-state index in [0.29, 0.717) is 6.54 Å². The summed E-state index contributed by atoms with van der Waals surface area (Å²) in [6, 6.07) is -0.0479. The molecule has 2 fully saturated rings. The molecule has 0 radical (unpaired) electrons. The summed E-state index contributed by atoms with van der Waals surface area (Å²) >= 11 is 0. The van der Waals surface area contributed by atoms with E-state index in [4.69, 9.17) is 0 Å². The van der Waals surface area contributed by atoms with Gasteiger partial charge in [-0.15, -0.1) is 0 Å². The Morgan fingerprint density at radius 2 is 1.64 bits per heavy atom. The molecule has 1 atom stereocenters. The van der Waals surface area contributed by atoms with Crippen LogP contribution in [-0.4, -0.2) is 60.4 Å². The highest BCUT2D eigenvalue weighted by Crippen LogP contribution is 2.21. The minimum absolute atomic E-state index is 0.0479. The fraction of sp³-hybridized carbons (Fsp3) is 0.882. The van der Waals surface area contributed by atoms with Gasteiger partial charge in [0.05, 0.1) is 6.04 Å². The predicted octanol–water partition coefficient (Wildman–Crippen LogP) is 1.63. The van der Waals surface area contributed by atoms with Gasteiger partial charge in [-0.2, -0.15) is 0 Å². The van der Waals surface area contributed by atoms with Crippen LogP contribution < -0.4 is 5.32 Å². The minimum atomic E-state index is -0.0479. The molecule has 2 saturated heterocycles. The van der Waals surface area contributed by atoms with Crippen molar-refractivity contribution >= 4 is 11.8 Å². The van der Waals surface area contributed by atoms with Crippen molar-refractivity contribution in [3.05, 3.63) is 0 Å². The Bertz CT molecular complexity index is 370. The molecule has 5 heteroatoms. The summed E-state index contributed by atoms with van der Waals surface area (Å²) in [5, 5.41) is 2.91. The van der Waals surface area contributed by atoms with Crippen LogP contribution in [0.3, 0.4) is 0 Å². The van der Waals surface area contributed by atoms with Crippen molar-refractivity contribution in [3.8, 4) is 0 Å². The first kappa shape index (κ1) is 17.3. The van der Waals surface area contributed by atoms with Crippen LogP contribution in [0.4, 0.5) is 0 Å². The Labute approximate surface area is 134 Å². The second-order valence-electron chi connectivity index (χ2n) is 6.62. The smallest absolute Gasteiger partial charge is 0.239 e.